The number of benzene rings is 2. The summed E-state index contributed by atoms with van der Waals surface area (Å²) >= 11 is 0. The van der Waals surface area contributed by atoms with E-state index >= 15 is 0 Å². The summed E-state index contributed by atoms with van der Waals surface area (Å²) in [6.45, 7) is 13.1. The normalized spacial score (nSPS) is 24.9. The van der Waals surface area contributed by atoms with E-state index in [9.17, 15) is 10.2 Å². The average Bonchev–Trinajstić information content (AvgIpc) is 2.94. The fourth-order valence-electron chi connectivity index (χ4n) is 6.20. The molecule has 3 aliphatic rings. The largest absolute Gasteiger partial charge is 0.507 e. The smallest absolute Gasteiger partial charge is 0.133 e. The maximum absolute atomic E-state index is 11.4. The summed E-state index contributed by atoms with van der Waals surface area (Å²) in [6, 6.07) is 8.28. The molecule has 5 rings (SSSR count). The molecule has 0 spiro atoms. The molecule has 2 aliphatic carbocycles. The lowest BCUT2D eigenvalue weighted by molar-refractivity contribution is 0.389. The van der Waals surface area contributed by atoms with Crippen molar-refractivity contribution in [1.29, 1.82) is 0 Å². The van der Waals surface area contributed by atoms with Gasteiger partial charge in [0.1, 0.15) is 11.5 Å². The molecule has 4 bridgehead atoms. The zero-order valence-electron chi connectivity index (χ0n) is 26.3. The van der Waals surface area contributed by atoms with Crippen molar-refractivity contribution >= 4 is 24.9 Å². The van der Waals surface area contributed by atoms with Crippen LogP contribution in [0.5, 0.6) is 11.5 Å². The van der Waals surface area contributed by atoms with Crippen molar-refractivity contribution in [3.8, 4) is 11.5 Å². The van der Waals surface area contributed by atoms with Crippen molar-refractivity contribution in [3.63, 3.8) is 0 Å². The van der Waals surface area contributed by atoms with Gasteiger partial charge in [-0.2, -0.15) is 0 Å². The Morgan fingerprint density at radius 3 is 0.929 bits per heavy atom. The van der Waals surface area contributed by atoms with Crippen molar-refractivity contribution in [3.05, 3.63) is 57.6 Å². The Kier molecular flexibility index (Phi) is 8.73. The van der Waals surface area contributed by atoms with Crippen molar-refractivity contribution in [2.45, 2.75) is 128 Å². The summed E-state index contributed by atoms with van der Waals surface area (Å²) < 4.78 is 0. The molecule has 6 heteroatoms. The maximum Gasteiger partial charge on any atom is 0.133 e. The van der Waals surface area contributed by atoms with E-state index in [1.54, 1.807) is 0 Å². The van der Waals surface area contributed by atoms with Crippen LogP contribution in [0.25, 0.3) is 0 Å². The van der Waals surface area contributed by atoms with E-state index in [2.05, 4.69) is 65.8 Å². The Morgan fingerprint density at radius 2 is 0.714 bits per heavy atom. The molecule has 6 nitrogen and oxygen atoms in total. The highest BCUT2D eigenvalue weighted by molar-refractivity contribution is 5.94. The molecule has 2 fully saturated rings. The standard InChI is InChI=1S/C36H48N4O2/c1-35(2,3)27-15-23-19-37-29-11-7-9-13-31(29)39-21-25-17-28(36(4,5)6)18-26(34(25)42)22-40-32-14-10-8-12-30(32)38-20-24(16-27)33(23)41/h15-22,29-32,41-42H,7-14H2,1-6H3/t29-,30-,31-,32-/m1/s1. The van der Waals surface area contributed by atoms with Gasteiger partial charge in [-0.05, 0) is 71.9 Å². The summed E-state index contributed by atoms with van der Waals surface area (Å²) in [4.78, 5) is 20.1. The highest BCUT2D eigenvalue weighted by Gasteiger charge is 2.27. The summed E-state index contributed by atoms with van der Waals surface area (Å²) in [7, 11) is 0. The minimum absolute atomic E-state index is 0.0145. The molecular formula is C36H48N4O2. The molecule has 42 heavy (non-hydrogen) atoms. The Balaban J connectivity index is 1.66. The lowest BCUT2D eigenvalue weighted by Crippen LogP contribution is -2.27. The minimum Gasteiger partial charge on any atom is -0.507 e. The Morgan fingerprint density at radius 1 is 0.476 bits per heavy atom. The Labute approximate surface area is 251 Å². The minimum atomic E-state index is -0.0914. The van der Waals surface area contributed by atoms with Gasteiger partial charge in [0.2, 0.25) is 0 Å². The van der Waals surface area contributed by atoms with Crippen LogP contribution in [0.3, 0.4) is 0 Å². The maximum atomic E-state index is 11.4. The summed E-state index contributed by atoms with van der Waals surface area (Å²) in [6.07, 6.45) is 15.6. The van der Waals surface area contributed by atoms with E-state index in [0.717, 1.165) is 84.7 Å². The molecule has 2 aromatic rings. The number of phenols is 2. The SMILES string of the molecule is CC(C)(C)c1cc2c(O)c(c1)C=N[C@@H]1CCCC[C@H]1N=Cc1cc(C(C)(C)C)cc(c1O)C=N[C@@H]1CCCC[C@H]1N=C2. The molecule has 0 unspecified atom stereocenters. The zero-order valence-corrected chi connectivity index (χ0v) is 26.3. The van der Waals surface area contributed by atoms with Crippen LogP contribution in [0.2, 0.25) is 0 Å². The van der Waals surface area contributed by atoms with Crippen molar-refractivity contribution in [2.75, 3.05) is 0 Å². The second-order valence-electron chi connectivity index (χ2n) is 14.5. The molecule has 2 N–H and O–H groups in total. The van der Waals surface area contributed by atoms with Gasteiger partial charge in [0, 0.05) is 47.1 Å². The van der Waals surface area contributed by atoms with Crippen LogP contribution in [0.15, 0.2) is 44.2 Å². The second kappa shape index (κ2) is 12.1. The first-order valence-corrected chi connectivity index (χ1v) is 15.8. The van der Waals surface area contributed by atoms with Crippen LogP contribution >= 0.6 is 0 Å². The third-order valence-electron chi connectivity index (χ3n) is 9.08. The van der Waals surface area contributed by atoms with Crippen LogP contribution in [0, 0.1) is 0 Å². The van der Waals surface area contributed by atoms with E-state index < -0.39 is 0 Å². The van der Waals surface area contributed by atoms with E-state index in [1.807, 2.05) is 24.9 Å². The summed E-state index contributed by atoms with van der Waals surface area (Å²) in [5.74, 6) is 0.441. The predicted molar refractivity (Wildman–Crippen MR) is 176 cm³/mol. The lowest BCUT2D eigenvalue weighted by Gasteiger charge is -2.27. The van der Waals surface area contributed by atoms with Gasteiger partial charge in [-0.15, -0.1) is 0 Å². The van der Waals surface area contributed by atoms with Gasteiger partial charge in [0.15, 0.2) is 0 Å². The van der Waals surface area contributed by atoms with Gasteiger partial charge in [-0.25, -0.2) is 0 Å². The number of aromatic hydroxyl groups is 2. The average molecular weight is 569 g/mol. The highest BCUT2D eigenvalue weighted by atomic mass is 16.3. The number of hydrogen-bond donors (Lipinski definition) is 2. The molecule has 2 saturated carbocycles. The molecule has 1 aliphatic heterocycles. The molecule has 0 aromatic heterocycles. The van der Waals surface area contributed by atoms with Gasteiger partial charge >= 0.3 is 0 Å². The first-order chi connectivity index (χ1) is 19.9. The fraction of sp³-hybridized carbons (Fsp3) is 0.556. The van der Waals surface area contributed by atoms with Crippen LogP contribution in [-0.2, 0) is 10.8 Å². The quantitative estimate of drug-likeness (QED) is 0.341. The Hall–Kier alpha value is -3.28. The van der Waals surface area contributed by atoms with Crippen molar-refractivity contribution < 1.29 is 10.2 Å². The van der Waals surface area contributed by atoms with Gasteiger partial charge < -0.3 is 10.2 Å². The second-order valence-corrected chi connectivity index (χ2v) is 14.5. The number of hydrogen-bond acceptors (Lipinski definition) is 6. The number of fused-ring (bicyclic) bond motifs is 6. The summed E-state index contributed by atoms with van der Waals surface area (Å²) in [5, 5.41) is 22.7. The predicted octanol–water partition coefficient (Wildman–Crippen LogP) is 7.70. The van der Waals surface area contributed by atoms with Crippen LogP contribution in [0.1, 0.15) is 126 Å². The Bertz CT molecular complexity index is 1210. The van der Waals surface area contributed by atoms with E-state index in [0.29, 0.717) is 0 Å². The number of phenolic OH excluding ortho intramolecular Hbond substituents is 2. The van der Waals surface area contributed by atoms with Crippen molar-refractivity contribution in [1.82, 2.24) is 0 Å². The first kappa shape index (κ1) is 30.2. The molecular weight excluding hydrogens is 520 g/mol. The van der Waals surface area contributed by atoms with E-state index in [4.69, 9.17) is 20.0 Å². The molecule has 0 amide bonds. The molecule has 1 heterocycles. The van der Waals surface area contributed by atoms with Gasteiger partial charge in [-0.3, -0.25) is 20.0 Å². The molecule has 0 radical (unpaired) electrons. The first-order valence-electron chi connectivity index (χ1n) is 15.8. The highest BCUT2D eigenvalue weighted by Crippen LogP contribution is 2.33. The third kappa shape index (κ3) is 6.85. The number of rotatable bonds is 0. The fourth-order valence-corrected chi connectivity index (χ4v) is 6.20. The van der Waals surface area contributed by atoms with Crippen molar-refractivity contribution in [2.24, 2.45) is 20.0 Å². The number of aliphatic imine (C=N–C) groups is 4. The summed E-state index contributed by atoms with van der Waals surface area (Å²) in [5.41, 5.74) is 4.97. The van der Waals surface area contributed by atoms with Gasteiger partial charge in [0.25, 0.3) is 0 Å². The van der Waals surface area contributed by atoms with Crippen LogP contribution in [0.4, 0.5) is 0 Å². The van der Waals surface area contributed by atoms with Crippen LogP contribution in [-0.4, -0.2) is 59.2 Å². The molecule has 2 aromatic carbocycles. The zero-order chi connectivity index (χ0) is 30.1. The molecule has 4 atom stereocenters. The van der Waals surface area contributed by atoms with Gasteiger partial charge in [0.05, 0.1) is 24.2 Å². The third-order valence-corrected chi connectivity index (χ3v) is 9.08. The molecule has 224 valence electrons. The monoisotopic (exact) mass is 568 g/mol. The van der Waals surface area contributed by atoms with Crippen LogP contribution < -0.4 is 0 Å². The number of nitrogens with zero attached hydrogens (tertiary/aromatic N) is 4. The van der Waals surface area contributed by atoms with E-state index in [1.165, 1.54) is 0 Å². The lowest BCUT2D eigenvalue weighted by atomic mass is 9.84. The van der Waals surface area contributed by atoms with E-state index in [-0.39, 0.29) is 46.5 Å². The van der Waals surface area contributed by atoms with Gasteiger partial charge in [-0.1, -0.05) is 67.2 Å². The molecule has 0 saturated heterocycles. The topological polar surface area (TPSA) is 89.9 Å².